The molecule has 1 aliphatic carbocycles. The normalized spacial score (nSPS) is 21.8. The van der Waals surface area contributed by atoms with Crippen molar-refractivity contribution in [3.8, 4) is 0 Å². The zero-order valence-corrected chi connectivity index (χ0v) is 11.9. The second kappa shape index (κ2) is 5.10. The Morgan fingerprint density at radius 2 is 2.09 bits per heavy atom. The van der Waals surface area contributed by atoms with Gasteiger partial charge in [-0.05, 0) is 18.1 Å². The molecule has 2 aromatic rings. The first-order valence-electron chi connectivity index (χ1n) is 6.45. The molecule has 1 aliphatic rings. The maximum Gasteiger partial charge on any atom is 0.416 e. The number of H-pyrrole nitrogens is 1. The molecule has 0 radical (unpaired) electrons. The first-order valence-corrected chi connectivity index (χ1v) is 7.93. The van der Waals surface area contributed by atoms with Gasteiger partial charge in [-0.15, -0.1) is 0 Å². The summed E-state index contributed by atoms with van der Waals surface area (Å²) in [6, 6.07) is 4.56. The summed E-state index contributed by atoms with van der Waals surface area (Å²) in [4.78, 5) is 6.12. The monoisotopic (exact) mass is 331 g/mol. The van der Waals surface area contributed by atoms with Crippen molar-refractivity contribution in [1.82, 2.24) is 14.7 Å². The Morgan fingerprint density at radius 1 is 1.32 bits per heavy atom. The van der Waals surface area contributed by atoms with Crippen LogP contribution >= 0.6 is 0 Å². The van der Waals surface area contributed by atoms with Crippen molar-refractivity contribution in [2.24, 2.45) is 0 Å². The third-order valence-electron chi connectivity index (χ3n) is 3.50. The molecule has 1 fully saturated rings. The van der Waals surface area contributed by atoms with Crippen LogP contribution in [0.25, 0.3) is 0 Å². The van der Waals surface area contributed by atoms with E-state index in [4.69, 9.17) is 0 Å². The molecule has 0 unspecified atom stereocenters. The van der Waals surface area contributed by atoms with Crippen LogP contribution in [0.15, 0.2) is 41.8 Å². The molecule has 0 spiro atoms. The van der Waals surface area contributed by atoms with Crippen LogP contribution in [0.4, 0.5) is 13.2 Å². The lowest BCUT2D eigenvalue weighted by Crippen LogP contribution is -2.27. The van der Waals surface area contributed by atoms with E-state index in [-0.39, 0.29) is 10.9 Å². The fraction of sp³-hybridized carbons (Fsp3) is 0.308. The molecular formula is C13H12F3N3O2S. The van der Waals surface area contributed by atoms with Crippen molar-refractivity contribution in [2.45, 2.75) is 29.6 Å². The van der Waals surface area contributed by atoms with Gasteiger partial charge in [-0.1, -0.05) is 18.2 Å². The SMILES string of the molecule is O=S(=O)(N[C@H]1C[C@@H]1c1cccc(C(F)(F)F)c1)c1cnc[nH]1. The van der Waals surface area contributed by atoms with Gasteiger partial charge in [-0.3, -0.25) is 0 Å². The molecule has 0 amide bonds. The van der Waals surface area contributed by atoms with Gasteiger partial charge >= 0.3 is 6.18 Å². The first kappa shape index (κ1) is 15.0. The molecular weight excluding hydrogens is 319 g/mol. The average molecular weight is 331 g/mol. The second-order valence-electron chi connectivity index (χ2n) is 5.11. The van der Waals surface area contributed by atoms with Gasteiger partial charge in [-0.2, -0.15) is 13.2 Å². The number of sulfonamides is 1. The van der Waals surface area contributed by atoms with Crippen molar-refractivity contribution in [3.63, 3.8) is 0 Å². The molecule has 118 valence electrons. The molecule has 2 atom stereocenters. The van der Waals surface area contributed by atoms with Crippen LogP contribution in [0.3, 0.4) is 0 Å². The number of hydrogen-bond acceptors (Lipinski definition) is 3. The van der Waals surface area contributed by atoms with Crippen LogP contribution in [0.2, 0.25) is 0 Å². The minimum absolute atomic E-state index is 0.0674. The molecule has 0 bridgehead atoms. The van der Waals surface area contributed by atoms with Crippen molar-refractivity contribution in [1.29, 1.82) is 0 Å². The molecule has 1 heterocycles. The minimum atomic E-state index is -4.41. The quantitative estimate of drug-likeness (QED) is 0.902. The average Bonchev–Trinajstić information content (AvgIpc) is 2.97. The predicted molar refractivity (Wildman–Crippen MR) is 71.5 cm³/mol. The summed E-state index contributed by atoms with van der Waals surface area (Å²) in [5.74, 6) is -0.250. The maximum atomic E-state index is 12.7. The third kappa shape index (κ3) is 3.00. The summed E-state index contributed by atoms with van der Waals surface area (Å²) >= 11 is 0. The van der Waals surface area contributed by atoms with Crippen LogP contribution in [0.1, 0.15) is 23.5 Å². The van der Waals surface area contributed by atoms with Gasteiger partial charge in [0.25, 0.3) is 10.0 Å². The molecule has 1 aromatic carbocycles. The number of aromatic nitrogens is 2. The number of alkyl halides is 3. The zero-order chi connectivity index (χ0) is 16.0. The van der Waals surface area contributed by atoms with Gasteiger partial charge in [0.15, 0.2) is 5.03 Å². The number of hydrogen-bond donors (Lipinski definition) is 2. The lowest BCUT2D eigenvalue weighted by molar-refractivity contribution is -0.137. The van der Waals surface area contributed by atoms with Gasteiger partial charge in [0.2, 0.25) is 0 Å². The highest BCUT2D eigenvalue weighted by Gasteiger charge is 2.42. The van der Waals surface area contributed by atoms with E-state index >= 15 is 0 Å². The first-order chi connectivity index (χ1) is 10.3. The lowest BCUT2D eigenvalue weighted by atomic mass is 10.1. The highest BCUT2D eigenvalue weighted by atomic mass is 32.2. The summed E-state index contributed by atoms with van der Waals surface area (Å²) < 4.78 is 64.5. The molecule has 0 saturated heterocycles. The molecule has 9 heteroatoms. The number of halogens is 3. The molecule has 0 aliphatic heterocycles. The van der Waals surface area contributed by atoms with Crippen LogP contribution in [-0.4, -0.2) is 24.4 Å². The molecule has 3 rings (SSSR count). The van der Waals surface area contributed by atoms with Crippen LogP contribution in [-0.2, 0) is 16.2 Å². The molecule has 2 N–H and O–H groups in total. The molecule has 1 saturated carbocycles. The van der Waals surface area contributed by atoms with Gasteiger partial charge in [0.05, 0.1) is 18.1 Å². The number of rotatable bonds is 4. The summed E-state index contributed by atoms with van der Waals surface area (Å²) in [6.45, 7) is 0. The van der Waals surface area contributed by atoms with E-state index in [0.29, 0.717) is 12.0 Å². The largest absolute Gasteiger partial charge is 0.416 e. The minimum Gasteiger partial charge on any atom is -0.335 e. The van der Waals surface area contributed by atoms with E-state index in [1.165, 1.54) is 18.6 Å². The van der Waals surface area contributed by atoms with E-state index in [0.717, 1.165) is 12.1 Å². The van der Waals surface area contributed by atoms with E-state index in [1.54, 1.807) is 6.07 Å². The van der Waals surface area contributed by atoms with Crippen LogP contribution < -0.4 is 4.72 Å². The van der Waals surface area contributed by atoms with Crippen LogP contribution in [0, 0.1) is 0 Å². The smallest absolute Gasteiger partial charge is 0.335 e. The van der Waals surface area contributed by atoms with E-state index in [2.05, 4.69) is 14.7 Å². The summed E-state index contributed by atoms with van der Waals surface area (Å²) in [5.41, 5.74) is -0.251. The number of aromatic amines is 1. The summed E-state index contributed by atoms with van der Waals surface area (Å²) in [5, 5.41) is -0.0674. The third-order valence-corrected chi connectivity index (χ3v) is 4.92. The molecule has 22 heavy (non-hydrogen) atoms. The topological polar surface area (TPSA) is 74.8 Å². The number of nitrogens with one attached hydrogen (secondary N) is 2. The highest BCUT2D eigenvalue weighted by molar-refractivity contribution is 7.89. The van der Waals surface area contributed by atoms with Gasteiger partial charge in [-0.25, -0.2) is 18.1 Å². The fourth-order valence-corrected chi connectivity index (χ4v) is 3.49. The second-order valence-corrected chi connectivity index (χ2v) is 6.79. The Hall–Kier alpha value is -1.87. The lowest BCUT2D eigenvalue weighted by Gasteiger charge is -2.09. The van der Waals surface area contributed by atoms with Gasteiger partial charge in [0.1, 0.15) is 0 Å². The predicted octanol–water partition coefficient (Wildman–Crippen LogP) is 2.26. The highest BCUT2D eigenvalue weighted by Crippen LogP contribution is 2.43. The van der Waals surface area contributed by atoms with Crippen molar-refractivity contribution in [2.75, 3.05) is 0 Å². The van der Waals surface area contributed by atoms with E-state index < -0.39 is 27.8 Å². The zero-order valence-electron chi connectivity index (χ0n) is 11.1. The standard InChI is InChI=1S/C13H12F3N3O2S/c14-13(15,16)9-3-1-2-8(4-9)10-5-11(10)19-22(20,21)12-6-17-7-18-12/h1-4,6-7,10-11,19H,5H2,(H,17,18)/t10-,11+/m1/s1. The summed E-state index contributed by atoms with van der Waals surface area (Å²) in [6.07, 6.45) is -1.53. The number of nitrogens with zero attached hydrogens (tertiary/aromatic N) is 1. The Kier molecular flexibility index (Phi) is 3.48. The Balaban J connectivity index is 1.73. The number of benzene rings is 1. The Labute approximate surface area is 124 Å². The fourth-order valence-electron chi connectivity index (χ4n) is 2.29. The van der Waals surface area contributed by atoms with Crippen molar-refractivity contribution >= 4 is 10.0 Å². The molecule has 1 aromatic heterocycles. The van der Waals surface area contributed by atoms with Crippen molar-refractivity contribution in [3.05, 3.63) is 47.9 Å². The Morgan fingerprint density at radius 3 is 2.73 bits per heavy atom. The van der Waals surface area contributed by atoms with E-state index in [1.807, 2.05) is 0 Å². The maximum absolute atomic E-state index is 12.7. The van der Waals surface area contributed by atoms with Crippen LogP contribution in [0.5, 0.6) is 0 Å². The molecule has 5 nitrogen and oxygen atoms in total. The van der Waals surface area contributed by atoms with Gasteiger partial charge < -0.3 is 4.98 Å². The van der Waals surface area contributed by atoms with Gasteiger partial charge in [0, 0.05) is 12.0 Å². The Bertz CT molecular complexity index is 772. The summed E-state index contributed by atoms with van der Waals surface area (Å²) in [7, 11) is -3.72. The van der Waals surface area contributed by atoms with E-state index in [9.17, 15) is 21.6 Å². The number of imidazole rings is 1. The van der Waals surface area contributed by atoms with Crippen molar-refractivity contribution < 1.29 is 21.6 Å².